The predicted octanol–water partition coefficient (Wildman–Crippen LogP) is 3.48. The highest BCUT2D eigenvalue weighted by atomic mass is 16.1. The van der Waals surface area contributed by atoms with Gasteiger partial charge >= 0.3 is 0 Å². The predicted molar refractivity (Wildman–Crippen MR) is 63.8 cm³/mol. The summed E-state index contributed by atoms with van der Waals surface area (Å²) in [6, 6.07) is 10.4. The van der Waals surface area contributed by atoms with Crippen molar-refractivity contribution in [2.45, 2.75) is 33.6 Å². The van der Waals surface area contributed by atoms with Gasteiger partial charge in [-0.25, -0.2) is 0 Å². The maximum Gasteiger partial charge on any atom is 0.130 e. The Morgan fingerprint density at radius 3 is 2.27 bits per heavy atom. The third-order valence-corrected chi connectivity index (χ3v) is 2.83. The van der Waals surface area contributed by atoms with Gasteiger partial charge < -0.3 is 4.79 Å². The molecular weight excluding hydrogens is 184 g/mol. The quantitative estimate of drug-likeness (QED) is 0.717. The molecule has 1 aromatic carbocycles. The maximum absolute atomic E-state index is 11.1. The second-order valence-electron chi connectivity index (χ2n) is 4.60. The summed E-state index contributed by atoms with van der Waals surface area (Å²) >= 11 is 0. The van der Waals surface area contributed by atoms with E-state index in [4.69, 9.17) is 0 Å². The minimum Gasteiger partial charge on any atom is -0.300 e. The molecule has 0 spiro atoms. The monoisotopic (exact) mass is 204 g/mol. The van der Waals surface area contributed by atoms with E-state index in [0.29, 0.717) is 24.0 Å². The summed E-state index contributed by atoms with van der Waals surface area (Å²) in [7, 11) is 0. The molecule has 0 aliphatic heterocycles. The number of hydrogen-bond acceptors (Lipinski definition) is 1. The van der Waals surface area contributed by atoms with Crippen LogP contribution in [0, 0.1) is 11.8 Å². The second-order valence-corrected chi connectivity index (χ2v) is 4.60. The van der Waals surface area contributed by atoms with Gasteiger partial charge in [0.15, 0.2) is 0 Å². The Morgan fingerprint density at radius 2 is 1.80 bits per heavy atom. The van der Waals surface area contributed by atoms with Crippen LogP contribution >= 0.6 is 0 Å². The van der Waals surface area contributed by atoms with Crippen LogP contribution in [0.3, 0.4) is 0 Å². The fourth-order valence-corrected chi connectivity index (χ4v) is 1.83. The molecule has 1 atom stereocenters. The molecule has 0 aliphatic rings. The van der Waals surface area contributed by atoms with Crippen LogP contribution in [0.4, 0.5) is 0 Å². The van der Waals surface area contributed by atoms with Gasteiger partial charge in [-0.2, -0.15) is 0 Å². The Kier molecular flexibility index (Phi) is 4.54. The molecule has 0 aromatic heterocycles. The molecule has 0 fully saturated rings. The molecule has 0 saturated carbocycles. The van der Waals surface area contributed by atoms with Crippen LogP contribution in [0.5, 0.6) is 0 Å². The summed E-state index contributed by atoms with van der Waals surface area (Å²) in [5.74, 6) is 1.34. The Hall–Kier alpha value is -1.11. The average Bonchev–Trinajstić information content (AvgIpc) is 2.17. The minimum absolute atomic E-state index is 0.296. The first-order chi connectivity index (χ1) is 7.09. The van der Waals surface area contributed by atoms with Crippen molar-refractivity contribution in [1.82, 2.24) is 0 Å². The van der Waals surface area contributed by atoms with Crippen molar-refractivity contribution < 1.29 is 4.79 Å². The molecule has 0 radical (unpaired) electrons. The highest BCUT2D eigenvalue weighted by Crippen LogP contribution is 2.20. The van der Waals surface area contributed by atoms with Crippen LogP contribution in [0.1, 0.15) is 32.8 Å². The van der Waals surface area contributed by atoms with Gasteiger partial charge in [-0.05, 0) is 30.7 Å². The minimum atomic E-state index is 0.296. The molecule has 1 heteroatoms. The third kappa shape index (κ3) is 4.28. The van der Waals surface area contributed by atoms with E-state index in [2.05, 4.69) is 38.1 Å². The van der Waals surface area contributed by atoms with Crippen molar-refractivity contribution in [3.63, 3.8) is 0 Å². The summed E-state index contributed by atoms with van der Waals surface area (Å²) in [4.78, 5) is 11.1. The zero-order chi connectivity index (χ0) is 11.3. The molecule has 0 aliphatic carbocycles. The zero-order valence-corrected chi connectivity index (χ0v) is 9.86. The van der Waals surface area contributed by atoms with E-state index in [-0.39, 0.29) is 0 Å². The van der Waals surface area contributed by atoms with Crippen molar-refractivity contribution in [3.05, 3.63) is 35.9 Å². The van der Waals surface area contributed by atoms with Crippen molar-refractivity contribution in [2.75, 3.05) is 0 Å². The topological polar surface area (TPSA) is 17.1 Å². The average molecular weight is 204 g/mol. The lowest BCUT2D eigenvalue weighted by molar-refractivity contribution is -0.118. The van der Waals surface area contributed by atoms with Crippen molar-refractivity contribution >= 4 is 5.78 Å². The number of rotatable bonds is 5. The lowest BCUT2D eigenvalue weighted by Gasteiger charge is -2.19. The molecular formula is C14H20O. The lowest BCUT2D eigenvalue weighted by atomic mass is 9.85. The standard InChI is InChI=1S/C14H20O/c1-11(2)14(9-12(3)15)10-13-7-5-4-6-8-13/h4-8,11,14H,9-10H2,1-3H3/t14-/m1/s1. The number of carbonyl (C=O) groups is 1. The lowest BCUT2D eigenvalue weighted by Crippen LogP contribution is -2.15. The van der Waals surface area contributed by atoms with Gasteiger partial charge in [0.25, 0.3) is 0 Å². The molecule has 0 unspecified atom stereocenters. The number of Topliss-reactive ketones (excluding diaryl/α,β-unsaturated/α-hetero) is 1. The molecule has 15 heavy (non-hydrogen) atoms. The van der Waals surface area contributed by atoms with E-state index in [1.807, 2.05) is 6.07 Å². The molecule has 82 valence electrons. The van der Waals surface area contributed by atoms with Crippen molar-refractivity contribution in [1.29, 1.82) is 0 Å². The maximum atomic E-state index is 11.1. The smallest absolute Gasteiger partial charge is 0.130 e. The van der Waals surface area contributed by atoms with E-state index in [1.165, 1.54) is 5.56 Å². The summed E-state index contributed by atoms with van der Waals surface area (Å²) < 4.78 is 0. The van der Waals surface area contributed by atoms with Crippen LogP contribution in [-0.2, 0) is 11.2 Å². The largest absolute Gasteiger partial charge is 0.300 e. The van der Waals surface area contributed by atoms with E-state index in [9.17, 15) is 4.79 Å². The van der Waals surface area contributed by atoms with Crippen LogP contribution in [0.15, 0.2) is 30.3 Å². The van der Waals surface area contributed by atoms with E-state index < -0.39 is 0 Å². The Bertz CT molecular complexity index is 300. The van der Waals surface area contributed by atoms with Crippen LogP contribution < -0.4 is 0 Å². The molecule has 1 nitrogen and oxygen atoms in total. The molecule has 1 rings (SSSR count). The highest BCUT2D eigenvalue weighted by molar-refractivity contribution is 5.75. The van der Waals surface area contributed by atoms with Gasteiger partial charge in [0.05, 0.1) is 0 Å². The van der Waals surface area contributed by atoms with Gasteiger partial charge in [-0.3, -0.25) is 0 Å². The van der Waals surface area contributed by atoms with E-state index in [0.717, 1.165) is 6.42 Å². The SMILES string of the molecule is CC(=O)C[C@H](Cc1ccccc1)C(C)C. The third-order valence-electron chi connectivity index (χ3n) is 2.83. The first-order valence-corrected chi connectivity index (χ1v) is 5.63. The molecule has 0 saturated heterocycles. The van der Waals surface area contributed by atoms with E-state index >= 15 is 0 Å². The van der Waals surface area contributed by atoms with Gasteiger partial charge in [0, 0.05) is 6.42 Å². The second kappa shape index (κ2) is 5.69. The van der Waals surface area contributed by atoms with Crippen LogP contribution in [-0.4, -0.2) is 5.78 Å². The molecule has 0 heterocycles. The van der Waals surface area contributed by atoms with Crippen molar-refractivity contribution in [3.8, 4) is 0 Å². The molecule has 1 aromatic rings. The van der Waals surface area contributed by atoms with Gasteiger partial charge in [0.2, 0.25) is 0 Å². The Balaban J connectivity index is 2.63. The van der Waals surface area contributed by atoms with E-state index in [1.54, 1.807) is 6.92 Å². The summed E-state index contributed by atoms with van der Waals surface area (Å²) in [6.07, 6.45) is 1.71. The molecule has 0 N–H and O–H groups in total. The van der Waals surface area contributed by atoms with Gasteiger partial charge in [0.1, 0.15) is 5.78 Å². The van der Waals surface area contributed by atoms with Crippen LogP contribution in [0.2, 0.25) is 0 Å². The summed E-state index contributed by atoms with van der Waals surface area (Å²) in [5, 5.41) is 0. The fraction of sp³-hybridized carbons (Fsp3) is 0.500. The first-order valence-electron chi connectivity index (χ1n) is 5.63. The zero-order valence-electron chi connectivity index (χ0n) is 9.86. The molecule has 0 amide bonds. The first kappa shape index (κ1) is 12.0. The number of hydrogen-bond donors (Lipinski definition) is 0. The Labute approximate surface area is 92.5 Å². The number of carbonyl (C=O) groups excluding carboxylic acids is 1. The fourth-order valence-electron chi connectivity index (χ4n) is 1.83. The number of ketones is 1. The van der Waals surface area contributed by atoms with Gasteiger partial charge in [-0.15, -0.1) is 0 Å². The summed E-state index contributed by atoms with van der Waals surface area (Å²) in [5.41, 5.74) is 1.33. The molecule has 0 bridgehead atoms. The Morgan fingerprint density at radius 1 is 1.20 bits per heavy atom. The van der Waals surface area contributed by atoms with Crippen LogP contribution in [0.25, 0.3) is 0 Å². The van der Waals surface area contributed by atoms with Gasteiger partial charge in [-0.1, -0.05) is 44.2 Å². The number of benzene rings is 1. The van der Waals surface area contributed by atoms with Crippen molar-refractivity contribution in [2.24, 2.45) is 11.8 Å². The summed E-state index contributed by atoms with van der Waals surface area (Å²) in [6.45, 7) is 6.06. The highest BCUT2D eigenvalue weighted by Gasteiger charge is 2.15. The normalized spacial score (nSPS) is 12.8.